The smallest absolute Gasteiger partial charge is 0.269 e. The van der Waals surface area contributed by atoms with Gasteiger partial charge in [0.1, 0.15) is 16.7 Å². The average Bonchev–Trinajstić information content (AvgIpc) is 3.23. The van der Waals surface area contributed by atoms with Gasteiger partial charge < -0.3 is 0 Å². The minimum absolute atomic E-state index is 0.0644. The second-order valence-corrected chi connectivity index (χ2v) is 6.76. The molecule has 8 heteroatoms. The first-order valence-corrected chi connectivity index (χ1v) is 8.76. The van der Waals surface area contributed by atoms with E-state index in [1.165, 1.54) is 27.6 Å². The number of hydrogen-bond donors (Lipinski definition) is 0. The van der Waals surface area contributed by atoms with Crippen LogP contribution in [-0.4, -0.2) is 29.1 Å². The minimum atomic E-state index is -0.659. The quantitative estimate of drug-likeness (QED) is 0.665. The number of aromatic nitrogens is 2. The maximum atomic E-state index is 12.9. The van der Waals surface area contributed by atoms with Crippen molar-refractivity contribution in [1.29, 1.82) is 0 Å². The van der Waals surface area contributed by atoms with Crippen molar-refractivity contribution in [2.45, 2.75) is 0 Å². The molecule has 0 aliphatic heterocycles. The standard InChI is InChI=1S/C15H11ClFN3OS2/c16-12-15(23-13(19-12)10-3-1-6-18-9-10)20(7-5-17)14(21)11-4-2-8-22-11/h1-4,6,8-9H,5,7H2. The normalized spacial score (nSPS) is 10.7. The second-order valence-electron chi connectivity index (χ2n) is 4.48. The van der Waals surface area contributed by atoms with Gasteiger partial charge in [-0.1, -0.05) is 29.0 Å². The van der Waals surface area contributed by atoms with Gasteiger partial charge in [-0.3, -0.25) is 14.7 Å². The van der Waals surface area contributed by atoms with Gasteiger partial charge in [0, 0.05) is 18.0 Å². The van der Waals surface area contributed by atoms with E-state index in [0.29, 0.717) is 14.9 Å². The Bertz CT molecular complexity index is 792. The van der Waals surface area contributed by atoms with Crippen molar-refractivity contribution in [1.82, 2.24) is 9.97 Å². The predicted molar refractivity (Wildman–Crippen MR) is 92.3 cm³/mol. The number of alkyl halides is 1. The van der Waals surface area contributed by atoms with Crippen LogP contribution in [0.5, 0.6) is 0 Å². The number of carbonyl (C=O) groups excluding carboxylic acids is 1. The molecule has 118 valence electrons. The molecule has 0 N–H and O–H groups in total. The van der Waals surface area contributed by atoms with Gasteiger partial charge in [-0.2, -0.15) is 0 Å². The Kier molecular flexibility index (Phi) is 5.00. The Hall–Kier alpha value is -1.83. The number of thiophene rings is 1. The molecule has 0 saturated carbocycles. The summed E-state index contributed by atoms with van der Waals surface area (Å²) in [5.41, 5.74) is 0.800. The van der Waals surface area contributed by atoms with Crippen molar-refractivity contribution in [2.75, 3.05) is 18.1 Å². The highest BCUT2D eigenvalue weighted by atomic mass is 35.5. The summed E-state index contributed by atoms with van der Waals surface area (Å²) in [5.74, 6) is -0.277. The molecular weight excluding hydrogens is 357 g/mol. The minimum Gasteiger partial charge on any atom is -0.294 e. The number of thiazole rings is 1. The summed E-state index contributed by atoms with van der Waals surface area (Å²) >= 11 is 8.75. The first-order chi connectivity index (χ1) is 11.2. The maximum absolute atomic E-state index is 12.9. The zero-order valence-electron chi connectivity index (χ0n) is 11.8. The summed E-state index contributed by atoms with van der Waals surface area (Å²) in [6, 6.07) is 7.13. The summed E-state index contributed by atoms with van der Waals surface area (Å²) in [6.07, 6.45) is 3.33. The molecule has 0 atom stereocenters. The number of carbonyl (C=O) groups is 1. The van der Waals surface area contributed by atoms with Crippen molar-refractivity contribution >= 4 is 45.2 Å². The molecule has 0 unspecified atom stereocenters. The Balaban J connectivity index is 1.97. The lowest BCUT2D eigenvalue weighted by Crippen LogP contribution is -2.31. The first-order valence-electron chi connectivity index (χ1n) is 6.68. The molecule has 0 fully saturated rings. The van der Waals surface area contributed by atoms with Gasteiger partial charge in [-0.05, 0) is 23.6 Å². The van der Waals surface area contributed by atoms with E-state index in [9.17, 15) is 9.18 Å². The molecule has 0 saturated heterocycles. The fourth-order valence-electron chi connectivity index (χ4n) is 1.99. The van der Waals surface area contributed by atoms with Crippen molar-refractivity contribution in [2.24, 2.45) is 0 Å². The number of nitrogens with zero attached hydrogens (tertiary/aromatic N) is 3. The molecule has 0 spiro atoms. The van der Waals surface area contributed by atoms with Crippen molar-refractivity contribution in [3.63, 3.8) is 0 Å². The lowest BCUT2D eigenvalue weighted by Gasteiger charge is -2.18. The SMILES string of the molecule is O=C(c1cccs1)N(CCF)c1sc(-c2cccnc2)nc1Cl. The third-order valence-electron chi connectivity index (χ3n) is 3.01. The second kappa shape index (κ2) is 7.16. The third-order valence-corrected chi connectivity index (χ3v) is 5.37. The topological polar surface area (TPSA) is 46.1 Å². The van der Waals surface area contributed by atoms with Gasteiger partial charge in [-0.25, -0.2) is 9.37 Å². The third kappa shape index (κ3) is 3.41. The Labute approximate surface area is 145 Å². The summed E-state index contributed by atoms with van der Waals surface area (Å²) in [5, 5.41) is 3.07. The number of anilines is 1. The van der Waals surface area contributed by atoms with Gasteiger partial charge in [0.05, 0.1) is 11.4 Å². The Morgan fingerprint density at radius 3 is 2.87 bits per heavy atom. The van der Waals surface area contributed by atoms with Crippen LogP contribution in [0.25, 0.3) is 10.6 Å². The summed E-state index contributed by atoms with van der Waals surface area (Å²) in [4.78, 5) is 22.8. The molecular formula is C15H11ClFN3OS2. The van der Waals surface area contributed by atoms with E-state index in [4.69, 9.17) is 11.6 Å². The molecule has 4 nitrogen and oxygen atoms in total. The van der Waals surface area contributed by atoms with Gasteiger partial charge in [0.25, 0.3) is 5.91 Å². The first kappa shape index (κ1) is 16.0. The molecule has 0 bridgehead atoms. The molecule has 1 amide bonds. The van der Waals surface area contributed by atoms with Crippen molar-refractivity contribution < 1.29 is 9.18 Å². The highest BCUT2D eigenvalue weighted by Crippen LogP contribution is 2.38. The van der Waals surface area contributed by atoms with E-state index in [-0.39, 0.29) is 17.6 Å². The number of rotatable bonds is 5. The molecule has 0 aliphatic carbocycles. The number of amides is 1. The van der Waals surface area contributed by atoms with E-state index in [1.54, 1.807) is 36.0 Å². The fourth-order valence-corrected chi connectivity index (χ4v) is 3.98. The van der Waals surface area contributed by atoms with E-state index < -0.39 is 6.67 Å². The molecule has 0 aliphatic rings. The molecule has 3 aromatic heterocycles. The molecule has 0 aromatic carbocycles. The number of halogens is 2. The molecule has 3 heterocycles. The van der Waals surface area contributed by atoms with Gasteiger partial charge in [0.15, 0.2) is 5.15 Å². The van der Waals surface area contributed by atoms with Crippen molar-refractivity contribution in [3.05, 3.63) is 52.1 Å². The van der Waals surface area contributed by atoms with E-state index in [0.717, 1.165) is 5.56 Å². The molecule has 0 radical (unpaired) electrons. The zero-order chi connectivity index (χ0) is 16.2. The van der Waals surface area contributed by atoms with E-state index in [1.807, 2.05) is 6.07 Å². The number of hydrogen-bond acceptors (Lipinski definition) is 5. The van der Waals surface area contributed by atoms with Crippen LogP contribution in [0.1, 0.15) is 9.67 Å². The van der Waals surface area contributed by atoms with Crippen LogP contribution in [0, 0.1) is 0 Å². The summed E-state index contributed by atoms with van der Waals surface area (Å²) < 4.78 is 12.9. The molecule has 3 rings (SSSR count). The van der Waals surface area contributed by atoms with Crippen molar-refractivity contribution in [3.8, 4) is 10.6 Å². The fraction of sp³-hybridized carbons (Fsp3) is 0.133. The Morgan fingerprint density at radius 1 is 1.35 bits per heavy atom. The van der Waals surface area contributed by atoms with E-state index in [2.05, 4.69) is 9.97 Å². The maximum Gasteiger partial charge on any atom is 0.269 e. The largest absolute Gasteiger partial charge is 0.294 e. The van der Waals surface area contributed by atoms with Crippen LogP contribution < -0.4 is 4.90 Å². The van der Waals surface area contributed by atoms with Crippen LogP contribution in [0.4, 0.5) is 9.39 Å². The summed E-state index contributed by atoms with van der Waals surface area (Å²) in [6.45, 7) is -0.724. The monoisotopic (exact) mass is 367 g/mol. The molecule has 23 heavy (non-hydrogen) atoms. The Morgan fingerprint density at radius 2 is 2.22 bits per heavy atom. The lowest BCUT2D eigenvalue weighted by atomic mass is 10.3. The van der Waals surface area contributed by atoms with Gasteiger partial charge >= 0.3 is 0 Å². The van der Waals surface area contributed by atoms with Gasteiger partial charge in [-0.15, -0.1) is 11.3 Å². The molecule has 3 aromatic rings. The zero-order valence-corrected chi connectivity index (χ0v) is 14.2. The van der Waals surface area contributed by atoms with Crippen LogP contribution >= 0.6 is 34.3 Å². The van der Waals surface area contributed by atoms with E-state index >= 15 is 0 Å². The highest BCUT2D eigenvalue weighted by Gasteiger charge is 2.24. The van der Waals surface area contributed by atoms with Crippen LogP contribution in [0.2, 0.25) is 5.15 Å². The van der Waals surface area contributed by atoms with Crippen LogP contribution in [0.15, 0.2) is 42.0 Å². The van der Waals surface area contributed by atoms with Crippen LogP contribution in [-0.2, 0) is 0 Å². The lowest BCUT2D eigenvalue weighted by molar-refractivity contribution is 0.0989. The average molecular weight is 368 g/mol. The predicted octanol–water partition coefficient (Wildman–Crippen LogP) is 4.54. The van der Waals surface area contributed by atoms with Gasteiger partial charge in [0.2, 0.25) is 0 Å². The van der Waals surface area contributed by atoms with Crippen LogP contribution in [0.3, 0.4) is 0 Å². The number of pyridine rings is 1. The summed E-state index contributed by atoms with van der Waals surface area (Å²) in [7, 11) is 0. The highest BCUT2D eigenvalue weighted by molar-refractivity contribution is 7.20.